The predicted octanol–water partition coefficient (Wildman–Crippen LogP) is 5.36. The fourth-order valence-electron chi connectivity index (χ4n) is 3.42. The summed E-state index contributed by atoms with van der Waals surface area (Å²) in [7, 11) is 1.63. The number of benzene rings is 2. The summed E-state index contributed by atoms with van der Waals surface area (Å²) < 4.78 is 5.27. The summed E-state index contributed by atoms with van der Waals surface area (Å²) in [4.78, 5) is 12.8. The maximum atomic E-state index is 5.27. The summed E-state index contributed by atoms with van der Waals surface area (Å²) in [5, 5.41) is 3.44. The zero-order chi connectivity index (χ0) is 16.8. The number of aromatic nitrogens is 3. The number of ether oxygens (including phenoxy) is 1. The Hall–Kier alpha value is -3.11. The maximum absolute atomic E-state index is 5.27. The Morgan fingerprint density at radius 2 is 1.73 bits per heavy atom. The molecule has 0 aliphatic rings. The highest BCUT2D eigenvalue weighted by Crippen LogP contribution is 2.34. The van der Waals surface area contributed by atoms with Gasteiger partial charge < -0.3 is 9.72 Å². The highest BCUT2D eigenvalue weighted by atomic mass is 35.5. The van der Waals surface area contributed by atoms with Crippen LogP contribution in [0.15, 0.2) is 66.9 Å². The van der Waals surface area contributed by atoms with Gasteiger partial charge in [0.2, 0.25) is 5.88 Å². The average molecular weight is 362 g/mol. The van der Waals surface area contributed by atoms with Crippen molar-refractivity contribution in [3.05, 3.63) is 66.9 Å². The van der Waals surface area contributed by atoms with E-state index < -0.39 is 0 Å². The summed E-state index contributed by atoms with van der Waals surface area (Å²) in [6.45, 7) is 0. The zero-order valence-corrected chi connectivity index (χ0v) is 14.9. The topological polar surface area (TPSA) is 50.8 Å². The molecule has 0 atom stereocenters. The number of hydrogen-bond donors (Lipinski definition) is 1. The molecule has 0 saturated carbocycles. The van der Waals surface area contributed by atoms with Crippen molar-refractivity contribution in [2.45, 2.75) is 0 Å². The minimum absolute atomic E-state index is 0. The van der Waals surface area contributed by atoms with Gasteiger partial charge in [0.05, 0.1) is 29.4 Å². The number of aromatic amines is 1. The van der Waals surface area contributed by atoms with Gasteiger partial charge in [-0.15, -0.1) is 12.4 Å². The van der Waals surface area contributed by atoms with Crippen LogP contribution in [0.1, 0.15) is 0 Å². The van der Waals surface area contributed by atoms with Crippen LogP contribution >= 0.6 is 12.4 Å². The molecule has 0 fully saturated rings. The lowest BCUT2D eigenvalue weighted by molar-refractivity contribution is 0.399. The monoisotopic (exact) mass is 361 g/mol. The van der Waals surface area contributed by atoms with Crippen LogP contribution in [0, 0.1) is 0 Å². The molecule has 0 unspecified atom stereocenters. The number of pyridine rings is 2. The molecule has 3 heterocycles. The van der Waals surface area contributed by atoms with E-state index >= 15 is 0 Å². The Labute approximate surface area is 156 Å². The molecule has 2 aromatic carbocycles. The highest BCUT2D eigenvalue weighted by Gasteiger charge is 2.14. The summed E-state index contributed by atoms with van der Waals surface area (Å²) in [6.07, 6.45) is 1.84. The van der Waals surface area contributed by atoms with Crippen LogP contribution in [0.5, 0.6) is 5.88 Å². The molecule has 0 aliphatic carbocycles. The van der Waals surface area contributed by atoms with E-state index in [-0.39, 0.29) is 12.4 Å². The lowest BCUT2D eigenvalue weighted by atomic mass is 10.0. The first-order valence-corrected chi connectivity index (χ1v) is 8.15. The number of halogens is 1. The van der Waals surface area contributed by atoms with Crippen molar-refractivity contribution in [3.8, 4) is 17.1 Å². The second kappa shape index (κ2) is 6.32. The molecule has 3 aromatic heterocycles. The first-order chi connectivity index (χ1) is 12.3. The highest BCUT2D eigenvalue weighted by molar-refractivity contribution is 6.11. The Kier molecular flexibility index (Phi) is 3.98. The van der Waals surface area contributed by atoms with E-state index in [1.165, 1.54) is 10.8 Å². The first kappa shape index (κ1) is 16.4. The lowest BCUT2D eigenvalue weighted by Gasteiger charge is -2.07. The van der Waals surface area contributed by atoms with Gasteiger partial charge >= 0.3 is 0 Å². The molecule has 4 nitrogen and oxygen atoms in total. The third-order valence-electron chi connectivity index (χ3n) is 4.59. The van der Waals surface area contributed by atoms with Crippen molar-refractivity contribution < 1.29 is 4.74 Å². The molecule has 0 aliphatic heterocycles. The van der Waals surface area contributed by atoms with Gasteiger partial charge in [0.1, 0.15) is 0 Å². The molecule has 0 amide bonds. The van der Waals surface area contributed by atoms with Gasteiger partial charge in [0.25, 0.3) is 0 Å². The second-order valence-corrected chi connectivity index (χ2v) is 5.98. The van der Waals surface area contributed by atoms with Gasteiger partial charge in [-0.2, -0.15) is 0 Å². The van der Waals surface area contributed by atoms with E-state index in [1.807, 2.05) is 24.4 Å². The Morgan fingerprint density at radius 1 is 0.885 bits per heavy atom. The average Bonchev–Trinajstić information content (AvgIpc) is 3.05. The van der Waals surface area contributed by atoms with Crippen LogP contribution < -0.4 is 4.74 Å². The molecule has 0 bridgehead atoms. The number of nitrogens with zero attached hydrogens (tertiary/aromatic N) is 2. The number of hydrogen-bond acceptors (Lipinski definition) is 3. The Balaban J connectivity index is 0.00000168. The molecule has 5 aromatic rings. The summed E-state index contributed by atoms with van der Waals surface area (Å²) >= 11 is 0. The number of methoxy groups -OCH3 is 1. The third-order valence-corrected chi connectivity index (χ3v) is 4.59. The lowest BCUT2D eigenvalue weighted by Crippen LogP contribution is -1.87. The Bertz CT molecular complexity index is 1240. The van der Waals surface area contributed by atoms with Crippen LogP contribution in [0.25, 0.3) is 44.0 Å². The minimum Gasteiger partial charge on any atom is -0.481 e. The minimum atomic E-state index is 0. The van der Waals surface area contributed by atoms with E-state index in [1.54, 1.807) is 7.11 Å². The molecular weight excluding hydrogens is 346 g/mol. The van der Waals surface area contributed by atoms with E-state index in [2.05, 4.69) is 57.4 Å². The van der Waals surface area contributed by atoms with E-state index in [0.717, 1.165) is 33.2 Å². The van der Waals surface area contributed by atoms with Crippen molar-refractivity contribution >= 4 is 45.1 Å². The van der Waals surface area contributed by atoms with Crippen LogP contribution in [0.2, 0.25) is 0 Å². The van der Waals surface area contributed by atoms with E-state index in [4.69, 9.17) is 4.74 Å². The molecule has 26 heavy (non-hydrogen) atoms. The normalized spacial score (nSPS) is 11.0. The van der Waals surface area contributed by atoms with Crippen LogP contribution in [-0.4, -0.2) is 22.1 Å². The fourth-order valence-corrected chi connectivity index (χ4v) is 3.42. The van der Waals surface area contributed by atoms with Crippen molar-refractivity contribution in [1.29, 1.82) is 0 Å². The van der Waals surface area contributed by atoms with Crippen LogP contribution in [0.3, 0.4) is 0 Å². The maximum Gasteiger partial charge on any atom is 0.213 e. The molecule has 0 spiro atoms. The van der Waals surface area contributed by atoms with E-state index in [0.29, 0.717) is 5.88 Å². The number of rotatable bonds is 2. The van der Waals surface area contributed by atoms with Gasteiger partial charge in [-0.05, 0) is 22.9 Å². The van der Waals surface area contributed by atoms with Crippen LogP contribution in [0.4, 0.5) is 0 Å². The smallest absolute Gasteiger partial charge is 0.213 e. The predicted molar refractivity (Wildman–Crippen MR) is 108 cm³/mol. The third kappa shape index (κ3) is 2.38. The van der Waals surface area contributed by atoms with E-state index in [9.17, 15) is 0 Å². The molecule has 0 saturated heterocycles. The van der Waals surface area contributed by atoms with Gasteiger partial charge in [-0.1, -0.05) is 42.5 Å². The zero-order valence-electron chi connectivity index (χ0n) is 14.1. The van der Waals surface area contributed by atoms with Crippen molar-refractivity contribution in [2.75, 3.05) is 7.11 Å². The van der Waals surface area contributed by atoms with Gasteiger partial charge in [-0.3, -0.25) is 4.98 Å². The summed E-state index contributed by atoms with van der Waals surface area (Å²) in [5.41, 5.74) is 4.92. The molecule has 5 heteroatoms. The molecular formula is C21H16ClN3O. The second-order valence-electron chi connectivity index (χ2n) is 5.98. The Morgan fingerprint density at radius 3 is 2.62 bits per heavy atom. The molecule has 1 N–H and O–H groups in total. The number of nitrogens with one attached hydrogen (secondary N) is 1. The first-order valence-electron chi connectivity index (χ1n) is 8.15. The van der Waals surface area contributed by atoms with Gasteiger partial charge in [0, 0.05) is 23.2 Å². The van der Waals surface area contributed by atoms with Crippen molar-refractivity contribution in [3.63, 3.8) is 0 Å². The fraction of sp³-hybridized carbons (Fsp3) is 0.0476. The van der Waals surface area contributed by atoms with Crippen LogP contribution in [-0.2, 0) is 0 Å². The van der Waals surface area contributed by atoms with Crippen molar-refractivity contribution in [2.24, 2.45) is 0 Å². The standard InChI is InChI=1S/C21H15N3O.ClH/c1-25-18-10-9-17-19(24-18)16-11-12-22-20(21(16)23-17)15-8-4-6-13-5-2-3-7-14(13)15;/h2-12,23H,1H3;1H. The molecule has 0 radical (unpaired) electrons. The van der Waals surface area contributed by atoms with Gasteiger partial charge in [0.15, 0.2) is 0 Å². The number of H-pyrrole nitrogens is 1. The number of fused-ring (bicyclic) bond motifs is 4. The summed E-state index contributed by atoms with van der Waals surface area (Å²) in [6, 6.07) is 20.5. The quantitative estimate of drug-likeness (QED) is 0.460. The molecule has 5 rings (SSSR count). The molecule has 128 valence electrons. The summed E-state index contributed by atoms with van der Waals surface area (Å²) in [5.74, 6) is 0.608. The largest absolute Gasteiger partial charge is 0.481 e. The SMILES string of the molecule is COc1ccc2[nH]c3c(-c4cccc5ccccc45)nccc3c2n1.Cl. The van der Waals surface area contributed by atoms with Crippen molar-refractivity contribution in [1.82, 2.24) is 15.0 Å². The van der Waals surface area contributed by atoms with Gasteiger partial charge in [-0.25, -0.2) is 4.98 Å².